The van der Waals surface area contributed by atoms with Gasteiger partial charge < -0.3 is 9.47 Å². The van der Waals surface area contributed by atoms with Gasteiger partial charge in [-0.1, -0.05) is 6.92 Å². The molecule has 0 aromatic heterocycles. The summed E-state index contributed by atoms with van der Waals surface area (Å²) >= 11 is 0. The fourth-order valence-electron chi connectivity index (χ4n) is 2.62. The van der Waals surface area contributed by atoms with Gasteiger partial charge in [-0.25, -0.2) is 15.0 Å². The SMILES string of the molecule is CCCn1cnc(N(CC)CC)c2nc(C3CC3)nc1-2. The Bertz CT molecular complexity index is 554. The lowest BCUT2D eigenvalue weighted by atomic mass is 10.3. The quantitative estimate of drug-likeness (QED) is 0.812. The highest BCUT2D eigenvalue weighted by atomic mass is 15.2. The molecule has 0 aromatic rings. The molecule has 1 aliphatic carbocycles. The van der Waals surface area contributed by atoms with E-state index in [1.807, 2.05) is 6.33 Å². The predicted octanol–water partition coefficient (Wildman–Crippen LogP) is 2.91. The molecule has 1 saturated carbocycles. The molecule has 5 heteroatoms. The van der Waals surface area contributed by atoms with Crippen molar-refractivity contribution >= 4 is 5.82 Å². The first-order chi connectivity index (χ1) is 9.78. The average Bonchev–Trinajstić information content (AvgIpc) is 3.21. The number of aryl methyl sites for hydroxylation is 1. The van der Waals surface area contributed by atoms with E-state index in [2.05, 4.69) is 35.2 Å². The van der Waals surface area contributed by atoms with Crippen molar-refractivity contribution in [2.24, 2.45) is 0 Å². The van der Waals surface area contributed by atoms with Crippen LogP contribution < -0.4 is 4.90 Å². The lowest BCUT2D eigenvalue weighted by Gasteiger charge is -2.22. The van der Waals surface area contributed by atoms with Gasteiger partial charge in [0.2, 0.25) is 0 Å². The molecule has 108 valence electrons. The minimum absolute atomic E-state index is 0.585. The normalized spacial score (nSPS) is 14.9. The topological polar surface area (TPSA) is 46.8 Å². The Labute approximate surface area is 120 Å². The minimum Gasteiger partial charge on any atom is -0.355 e. The van der Waals surface area contributed by atoms with Gasteiger partial charge in [0.25, 0.3) is 0 Å². The van der Waals surface area contributed by atoms with E-state index in [9.17, 15) is 0 Å². The highest BCUT2D eigenvalue weighted by Gasteiger charge is 2.31. The molecule has 0 atom stereocenters. The lowest BCUT2D eigenvalue weighted by Crippen LogP contribution is -2.25. The van der Waals surface area contributed by atoms with Gasteiger partial charge in [0.1, 0.15) is 5.82 Å². The van der Waals surface area contributed by atoms with Crippen LogP contribution in [0.15, 0.2) is 6.33 Å². The fourth-order valence-corrected chi connectivity index (χ4v) is 2.62. The molecule has 0 radical (unpaired) electrons. The number of hydrogen-bond acceptors (Lipinski definition) is 4. The van der Waals surface area contributed by atoms with Crippen LogP contribution in [-0.2, 0) is 6.54 Å². The van der Waals surface area contributed by atoms with Gasteiger partial charge >= 0.3 is 0 Å². The lowest BCUT2D eigenvalue weighted by molar-refractivity contribution is 0.655. The summed E-state index contributed by atoms with van der Waals surface area (Å²) in [6.45, 7) is 9.33. The molecule has 3 aliphatic rings. The van der Waals surface area contributed by atoms with E-state index < -0.39 is 0 Å². The Morgan fingerprint density at radius 3 is 2.55 bits per heavy atom. The van der Waals surface area contributed by atoms with Crippen molar-refractivity contribution in [3.8, 4) is 11.5 Å². The molecular formula is C15H23N5. The molecule has 0 spiro atoms. The van der Waals surface area contributed by atoms with Gasteiger partial charge in [0.15, 0.2) is 17.3 Å². The molecule has 20 heavy (non-hydrogen) atoms. The third kappa shape index (κ3) is 2.25. The van der Waals surface area contributed by atoms with E-state index in [-0.39, 0.29) is 0 Å². The molecule has 0 aromatic carbocycles. The number of fused-ring (bicyclic) bond motifs is 1. The second kappa shape index (κ2) is 5.38. The molecule has 0 bridgehead atoms. The number of hydrogen-bond donors (Lipinski definition) is 0. The second-order valence-electron chi connectivity index (χ2n) is 5.46. The van der Waals surface area contributed by atoms with Crippen molar-refractivity contribution in [3.05, 3.63) is 12.2 Å². The van der Waals surface area contributed by atoms with Crippen molar-refractivity contribution in [2.45, 2.75) is 52.5 Å². The molecule has 0 amide bonds. The molecule has 3 rings (SSSR count). The monoisotopic (exact) mass is 273 g/mol. The van der Waals surface area contributed by atoms with E-state index in [4.69, 9.17) is 9.97 Å². The summed E-state index contributed by atoms with van der Waals surface area (Å²) in [5.41, 5.74) is 0.978. The van der Waals surface area contributed by atoms with Gasteiger partial charge in [0.05, 0.1) is 6.33 Å². The van der Waals surface area contributed by atoms with Gasteiger partial charge in [0, 0.05) is 25.6 Å². The number of nitrogens with zero attached hydrogens (tertiary/aromatic N) is 5. The van der Waals surface area contributed by atoms with Crippen LogP contribution >= 0.6 is 0 Å². The van der Waals surface area contributed by atoms with Crippen LogP contribution in [0.1, 0.15) is 51.8 Å². The van der Waals surface area contributed by atoms with Crippen LogP contribution in [-0.4, -0.2) is 32.6 Å². The Balaban J connectivity index is 2.09. The summed E-state index contributed by atoms with van der Waals surface area (Å²) < 4.78 is 2.14. The Morgan fingerprint density at radius 1 is 1.20 bits per heavy atom. The van der Waals surface area contributed by atoms with Crippen LogP contribution in [0.2, 0.25) is 0 Å². The average molecular weight is 273 g/mol. The fraction of sp³-hybridized carbons (Fsp3) is 0.667. The summed E-state index contributed by atoms with van der Waals surface area (Å²) in [6.07, 6.45) is 5.47. The Hall–Kier alpha value is -1.65. The minimum atomic E-state index is 0.585. The maximum absolute atomic E-state index is 4.80. The van der Waals surface area contributed by atoms with Crippen molar-refractivity contribution in [1.29, 1.82) is 0 Å². The van der Waals surface area contributed by atoms with Gasteiger partial charge in [-0.3, -0.25) is 0 Å². The van der Waals surface area contributed by atoms with Crippen LogP contribution in [0.4, 0.5) is 5.82 Å². The maximum atomic E-state index is 4.80. The highest BCUT2D eigenvalue weighted by Crippen LogP contribution is 2.41. The smallest absolute Gasteiger partial charge is 0.165 e. The van der Waals surface area contributed by atoms with E-state index in [1.165, 1.54) is 12.8 Å². The second-order valence-corrected chi connectivity index (χ2v) is 5.46. The van der Waals surface area contributed by atoms with E-state index in [1.54, 1.807) is 0 Å². The van der Waals surface area contributed by atoms with Crippen LogP contribution in [0, 0.1) is 0 Å². The van der Waals surface area contributed by atoms with E-state index >= 15 is 0 Å². The molecule has 2 aliphatic heterocycles. The third-order valence-corrected chi connectivity index (χ3v) is 3.93. The highest BCUT2D eigenvalue weighted by molar-refractivity contribution is 5.68. The zero-order valence-electron chi connectivity index (χ0n) is 12.6. The van der Waals surface area contributed by atoms with Crippen molar-refractivity contribution in [2.75, 3.05) is 18.0 Å². The molecule has 2 heterocycles. The van der Waals surface area contributed by atoms with Crippen molar-refractivity contribution in [1.82, 2.24) is 19.5 Å². The molecule has 0 unspecified atom stereocenters. The van der Waals surface area contributed by atoms with Crippen molar-refractivity contribution in [3.63, 3.8) is 0 Å². The van der Waals surface area contributed by atoms with Crippen molar-refractivity contribution < 1.29 is 0 Å². The molecule has 0 N–H and O–H groups in total. The summed E-state index contributed by atoms with van der Waals surface area (Å²) in [4.78, 5) is 16.5. The third-order valence-electron chi connectivity index (χ3n) is 3.93. The van der Waals surface area contributed by atoms with Crippen LogP contribution in [0.5, 0.6) is 0 Å². The summed E-state index contributed by atoms with van der Waals surface area (Å²) in [7, 11) is 0. The number of rotatable bonds is 6. The van der Waals surface area contributed by atoms with Crippen LogP contribution in [0.25, 0.3) is 11.5 Å². The Morgan fingerprint density at radius 2 is 1.95 bits per heavy atom. The number of imidazole rings is 1. The standard InChI is InChI=1S/C15H23N5/c1-4-9-20-10-16-14(19(5-2)6-3)12-15(20)18-13(17-12)11-7-8-11/h10-11H,4-9H2,1-3H3. The Kier molecular flexibility index (Phi) is 3.59. The molecule has 0 saturated heterocycles. The maximum Gasteiger partial charge on any atom is 0.165 e. The summed E-state index contributed by atoms with van der Waals surface area (Å²) in [6, 6.07) is 0. The summed E-state index contributed by atoms with van der Waals surface area (Å²) in [5.74, 6) is 3.59. The molecular weight excluding hydrogens is 250 g/mol. The zero-order valence-corrected chi connectivity index (χ0v) is 12.6. The van der Waals surface area contributed by atoms with Gasteiger partial charge in [-0.05, 0) is 33.1 Å². The largest absolute Gasteiger partial charge is 0.355 e. The number of anilines is 1. The number of aromatic nitrogens is 4. The summed E-state index contributed by atoms with van der Waals surface area (Å²) in [5, 5.41) is 0. The first-order valence-electron chi connectivity index (χ1n) is 7.76. The molecule has 1 fully saturated rings. The molecule has 5 nitrogen and oxygen atoms in total. The van der Waals surface area contributed by atoms with E-state index in [0.29, 0.717) is 5.92 Å². The zero-order chi connectivity index (χ0) is 14.1. The van der Waals surface area contributed by atoms with Gasteiger partial charge in [-0.15, -0.1) is 0 Å². The first-order valence-corrected chi connectivity index (χ1v) is 7.76. The van der Waals surface area contributed by atoms with Gasteiger partial charge in [-0.2, -0.15) is 0 Å². The van der Waals surface area contributed by atoms with E-state index in [0.717, 1.165) is 49.2 Å². The van der Waals surface area contributed by atoms with Crippen LogP contribution in [0.3, 0.4) is 0 Å². The first kappa shape index (κ1) is 13.3. The predicted molar refractivity (Wildman–Crippen MR) is 80.3 cm³/mol.